The average molecular weight is 194 g/mol. The predicted octanol–water partition coefficient (Wildman–Crippen LogP) is 2.35. The maximum Gasteiger partial charge on any atom is 0.165 e. The zero-order valence-corrected chi connectivity index (χ0v) is 7.97. The van der Waals surface area contributed by atoms with Crippen LogP contribution >= 0.6 is 0 Å². The van der Waals surface area contributed by atoms with E-state index in [4.69, 9.17) is 4.74 Å². The van der Waals surface area contributed by atoms with Gasteiger partial charge in [0.1, 0.15) is 0 Å². The molecule has 1 aromatic rings. The lowest BCUT2D eigenvalue weighted by Crippen LogP contribution is -2.11. The quantitative estimate of drug-likeness (QED) is 0.686. The van der Waals surface area contributed by atoms with E-state index in [1.165, 1.54) is 19.2 Å². The van der Waals surface area contributed by atoms with Gasteiger partial charge in [-0.1, -0.05) is 0 Å². The molecule has 0 N–H and O–H groups in total. The van der Waals surface area contributed by atoms with E-state index >= 15 is 0 Å². The van der Waals surface area contributed by atoms with E-state index in [0.29, 0.717) is 12.0 Å². The summed E-state index contributed by atoms with van der Waals surface area (Å²) in [5.41, 5.74) is 1.43. The lowest BCUT2D eigenvalue weighted by atomic mass is 9.90. The molecule has 1 aliphatic rings. The Morgan fingerprint density at radius 3 is 2.86 bits per heavy atom. The van der Waals surface area contributed by atoms with Crippen LogP contribution in [0.25, 0.3) is 0 Å². The van der Waals surface area contributed by atoms with Crippen molar-refractivity contribution in [2.24, 2.45) is 0 Å². The highest BCUT2D eigenvalue weighted by Crippen LogP contribution is 2.27. The molecule has 74 valence electrons. The maximum absolute atomic E-state index is 13.3. The lowest BCUT2D eigenvalue weighted by Gasteiger charge is -2.15. The number of carbonyl (C=O) groups is 1. The maximum atomic E-state index is 13.3. The number of hydrogen-bond donors (Lipinski definition) is 0. The second-order valence-corrected chi connectivity index (χ2v) is 3.42. The molecule has 1 aromatic carbocycles. The summed E-state index contributed by atoms with van der Waals surface area (Å²) in [6.07, 6.45) is 2.15. The SMILES string of the molecule is COc1cc2c(cc1F)CCCC2=O. The second-order valence-electron chi connectivity index (χ2n) is 3.42. The van der Waals surface area contributed by atoms with Gasteiger partial charge in [0.2, 0.25) is 0 Å². The molecule has 2 nitrogen and oxygen atoms in total. The number of ketones is 1. The molecule has 2 rings (SSSR count). The normalized spacial score (nSPS) is 15.1. The molecule has 0 atom stereocenters. The third kappa shape index (κ3) is 1.39. The van der Waals surface area contributed by atoms with Crippen LogP contribution in [-0.4, -0.2) is 12.9 Å². The molecule has 0 saturated heterocycles. The minimum absolute atomic E-state index is 0.0875. The van der Waals surface area contributed by atoms with Crippen LogP contribution in [0.2, 0.25) is 0 Å². The molecular formula is C11H11FO2. The lowest BCUT2D eigenvalue weighted by molar-refractivity contribution is 0.0972. The zero-order chi connectivity index (χ0) is 10.1. The fourth-order valence-electron chi connectivity index (χ4n) is 1.79. The number of aryl methyl sites for hydroxylation is 1. The zero-order valence-electron chi connectivity index (χ0n) is 7.97. The Labute approximate surface area is 81.7 Å². The molecule has 0 saturated carbocycles. The first-order chi connectivity index (χ1) is 6.72. The molecule has 0 amide bonds. The van der Waals surface area contributed by atoms with Crippen LogP contribution in [0.3, 0.4) is 0 Å². The average Bonchev–Trinajstić information content (AvgIpc) is 2.17. The van der Waals surface area contributed by atoms with Crippen LogP contribution in [0.5, 0.6) is 5.75 Å². The Morgan fingerprint density at radius 2 is 2.14 bits per heavy atom. The van der Waals surface area contributed by atoms with Crippen LogP contribution in [0.15, 0.2) is 12.1 Å². The first kappa shape index (κ1) is 9.19. The van der Waals surface area contributed by atoms with Crippen molar-refractivity contribution in [3.63, 3.8) is 0 Å². The topological polar surface area (TPSA) is 26.3 Å². The molecule has 0 aromatic heterocycles. The molecule has 0 fully saturated rings. The Balaban J connectivity index is 2.54. The molecule has 0 aliphatic heterocycles. The van der Waals surface area contributed by atoms with E-state index in [0.717, 1.165) is 18.4 Å². The first-order valence-electron chi connectivity index (χ1n) is 4.62. The van der Waals surface area contributed by atoms with Crippen molar-refractivity contribution < 1.29 is 13.9 Å². The largest absolute Gasteiger partial charge is 0.494 e. The summed E-state index contributed by atoms with van der Waals surface area (Å²) < 4.78 is 18.1. The highest BCUT2D eigenvalue weighted by atomic mass is 19.1. The predicted molar refractivity (Wildman–Crippen MR) is 50.2 cm³/mol. The minimum Gasteiger partial charge on any atom is -0.494 e. The van der Waals surface area contributed by atoms with Crippen molar-refractivity contribution in [2.75, 3.05) is 7.11 Å². The summed E-state index contributed by atoms with van der Waals surface area (Å²) in [5.74, 6) is -0.149. The van der Waals surface area contributed by atoms with Crippen LogP contribution in [0.1, 0.15) is 28.8 Å². The molecule has 0 unspecified atom stereocenters. The molecule has 1 aliphatic carbocycles. The van der Waals surface area contributed by atoms with Crippen LogP contribution < -0.4 is 4.74 Å². The van der Waals surface area contributed by atoms with Gasteiger partial charge >= 0.3 is 0 Å². The van der Waals surface area contributed by atoms with Gasteiger partial charge in [-0.25, -0.2) is 4.39 Å². The number of benzene rings is 1. The van der Waals surface area contributed by atoms with Gasteiger partial charge in [0.15, 0.2) is 17.3 Å². The molecule has 0 radical (unpaired) electrons. The van der Waals surface area contributed by atoms with Crippen molar-refractivity contribution in [3.05, 3.63) is 29.1 Å². The van der Waals surface area contributed by atoms with Gasteiger partial charge in [-0.2, -0.15) is 0 Å². The van der Waals surface area contributed by atoms with Gasteiger partial charge in [-0.3, -0.25) is 4.79 Å². The smallest absolute Gasteiger partial charge is 0.165 e. The van der Waals surface area contributed by atoms with Crippen molar-refractivity contribution >= 4 is 5.78 Å². The summed E-state index contributed by atoms with van der Waals surface area (Å²) in [6.45, 7) is 0. The van der Waals surface area contributed by atoms with Gasteiger partial charge < -0.3 is 4.74 Å². The number of ether oxygens (including phenoxy) is 1. The Bertz CT molecular complexity index is 385. The molecule has 3 heteroatoms. The summed E-state index contributed by atoms with van der Waals surface area (Å²) in [6, 6.07) is 2.91. The number of carbonyl (C=O) groups excluding carboxylic acids is 1. The standard InChI is InChI=1S/C11H11FO2/c1-14-11-6-8-7(5-9(11)12)3-2-4-10(8)13/h5-6H,2-4H2,1H3. The van der Waals surface area contributed by atoms with Crippen molar-refractivity contribution in [2.45, 2.75) is 19.3 Å². The second kappa shape index (κ2) is 3.40. The highest BCUT2D eigenvalue weighted by molar-refractivity contribution is 5.98. The number of rotatable bonds is 1. The number of Topliss-reactive ketones (excluding diaryl/α,β-unsaturated/α-hetero) is 1. The summed E-state index contributed by atoms with van der Waals surface area (Å²) in [7, 11) is 1.40. The van der Waals surface area contributed by atoms with E-state index < -0.39 is 0 Å². The number of fused-ring (bicyclic) bond motifs is 1. The van der Waals surface area contributed by atoms with Crippen molar-refractivity contribution in [1.29, 1.82) is 0 Å². The fourth-order valence-corrected chi connectivity index (χ4v) is 1.79. The van der Waals surface area contributed by atoms with E-state index in [-0.39, 0.29) is 17.3 Å². The van der Waals surface area contributed by atoms with Gasteiger partial charge in [0.25, 0.3) is 0 Å². The molecule has 0 spiro atoms. The summed E-state index contributed by atoms with van der Waals surface area (Å²) in [5, 5.41) is 0. The van der Waals surface area contributed by atoms with E-state index in [1.54, 1.807) is 0 Å². The summed E-state index contributed by atoms with van der Waals surface area (Å²) >= 11 is 0. The molecule has 0 heterocycles. The Morgan fingerprint density at radius 1 is 1.36 bits per heavy atom. The monoisotopic (exact) mass is 194 g/mol. The third-order valence-corrected chi connectivity index (χ3v) is 2.53. The Kier molecular flexibility index (Phi) is 2.23. The number of hydrogen-bond acceptors (Lipinski definition) is 2. The van der Waals surface area contributed by atoms with Gasteiger partial charge in [0.05, 0.1) is 7.11 Å². The fraction of sp³-hybridized carbons (Fsp3) is 0.364. The highest BCUT2D eigenvalue weighted by Gasteiger charge is 2.19. The number of halogens is 1. The minimum atomic E-state index is -0.388. The van der Waals surface area contributed by atoms with Crippen LogP contribution in [-0.2, 0) is 6.42 Å². The number of methoxy groups -OCH3 is 1. The molecular weight excluding hydrogens is 183 g/mol. The molecule has 0 bridgehead atoms. The Hall–Kier alpha value is -1.38. The van der Waals surface area contributed by atoms with E-state index in [9.17, 15) is 9.18 Å². The van der Waals surface area contributed by atoms with Gasteiger partial charge in [0, 0.05) is 12.0 Å². The van der Waals surface area contributed by atoms with E-state index in [2.05, 4.69) is 0 Å². The van der Waals surface area contributed by atoms with Crippen LogP contribution in [0, 0.1) is 5.82 Å². The van der Waals surface area contributed by atoms with Gasteiger partial charge in [-0.05, 0) is 30.5 Å². The first-order valence-corrected chi connectivity index (χ1v) is 4.62. The van der Waals surface area contributed by atoms with E-state index in [1.807, 2.05) is 0 Å². The van der Waals surface area contributed by atoms with Gasteiger partial charge in [-0.15, -0.1) is 0 Å². The van der Waals surface area contributed by atoms with Crippen molar-refractivity contribution in [3.8, 4) is 5.75 Å². The third-order valence-electron chi connectivity index (χ3n) is 2.53. The van der Waals surface area contributed by atoms with Crippen molar-refractivity contribution in [1.82, 2.24) is 0 Å². The molecule has 14 heavy (non-hydrogen) atoms. The summed E-state index contributed by atoms with van der Waals surface area (Å²) in [4.78, 5) is 11.5. The van der Waals surface area contributed by atoms with Crippen LogP contribution in [0.4, 0.5) is 4.39 Å².